The summed E-state index contributed by atoms with van der Waals surface area (Å²) in [6.07, 6.45) is 0.407. The van der Waals surface area contributed by atoms with Crippen molar-refractivity contribution in [2.24, 2.45) is 5.92 Å². The second-order valence-corrected chi connectivity index (χ2v) is 4.76. The minimum atomic E-state index is -0.496. The SMILES string of the molecule is CC1CC(=O)N[C@@H]1C(=O)OC(C)(C)C. The maximum absolute atomic E-state index is 11.6. The van der Waals surface area contributed by atoms with Gasteiger partial charge in [0.05, 0.1) is 0 Å². The summed E-state index contributed by atoms with van der Waals surface area (Å²) in [5.74, 6) is -0.387. The highest BCUT2D eigenvalue weighted by Gasteiger charge is 2.36. The lowest BCUT2D eigenvalue weighted by molar-refractivity contribution is -0.158. The van der Waals surface area contributed by atoms with Crippen LogP contribution < -0.4 is 5.32 Å². The molecule has 0 radical (unpaired) electrons. The van der Waals surface area contributed by atoms with Gasteiger partial charge in [-0.15, -0.1) is 0 Å². The zero-order chi connectivity index (χ0) is 10.9. The van der Waals surface area contributed by atoms with Crippen molar-refractivity contribution < 1.29 is 14.3 Å². The molecule has 2 atom stereocenters. The maximum Gasteiger partial charge on any atom is 0.329 e. The molecule has 0 aromatic carbocycles. The van der Waals surface area contributed by atoms with E-state index in [4.69, 9.17) is 4.74 Å². The molecule has 0 bridgehead atoms. The van der Waals surface area contributed by atoms with Crippen molar-refractivity contribution in [1.29, 1.82) is 0 Å². The summed E-state index contributed by atoms with van der Waals surface area (Å²) in [6.45, 7) is 7.30. The fourth-order valence-corrected chi connectivity index (χ4v) is 1.44. The van der Waals surface area contributed by atoms with Crippen LogP contribution in [-0.4, -0.2) is 23.5 Å². The Balaban J connectivity index is 2.58. The van der Waals surface area contributed by atoms with Gasteiger partial charge in [0.2, 0.25) is 5.91 Å². The third-order valence-corrected chi connectivity index (χ3v) is 2.05. The van der Waals surface area contributed by atoms with Crippen molar-refractivity contribution in [3.8, 4) is 0 Å². The molecule has 1 N–H and O–H groups in total. The average molecular weight is 199 g/mol. The van der Waals surface area contributed by atoms with Gasteiger partial charge in [-0.25, -0.2) is 4.79 Å². The molecule has 0 aliphatic carbocycles. The van der Waals surface area contributed by atoms with Crippen LogP contribution in [0.25, 0.3) is 0 Å². The van der Waals surface area contributed by atoms with Crippen molar-refractivity contribution in [3.05, 3.63) is 0 Å². The van der Waals surface area contributed by atoms with Crippen LogP contribution in [0.4, 0.5) is 0 Å². The van der Waals surface area contributed by atoms with Gasteiger partial charge in [-0.05, 0) is 26.7 Å². The lowest BCUT2D eigenvalue weighted by Gasteiger charge is -2.23. The number of carbonyl (C=O) groups is 2. The lowest BCUT2D eigenvalue weighted by Crippen LogP contribution is -2.41. The molecule has 0 aromatic heterocycles. The molecule has 1 fully saturated rings. The number of hydrogen-bond acceptors (Lipinski definition) is 3. The smallest absolute Gasteiger partial charge is 0.329 e. The Bertz CT molecular complexity index is 255. The summed E-state index contributed by atoms with van der Waals surface area (Å²) in [5.41, 5.74) is -0.496. The molecule has 1 aliphatic rings. The van der Waals surface area contributed by atoms with Gasteiger partial charge in [0.25, 0.3) is 0 Å². The van der Waals surface area contributed by atoms with E-state index in [0.717, 1.165) is 0 Å². The molecule has 80 valence electrons. The zero-order valence-corrected chi connectivity index (χ0v) is 9.09. The maximum atomic E-state index is 11.6. The van der Waals surface area contributed by atoms with Crippen LogP contribution in [0.2, 0.25) is 0 Å². The highest BCUT2D eigenvalue weighted by atomic mass is 16.6. The van der Waals surface area contributed by atoms with Crippen molar-refractivity contribution in [2.75, 3.05) is 0 Å². The number of ether oxygens (including phenoxy) is 1. The predicted octanol–water partition coefficient (Wildman–Crippen LogP) is 0.853. The monoisotopic (exact) mass is 199 g/mol. The zero-order valence-electron chi connectivity index (χ0n) is 9.09. The highest BCUT2D eigenvalue weighted by Crippen LogP contribution is 2.19. The van der Waals surface area contributed by atoms with Gasteiger partial charge in [0.15, 0.2) is 0 Å². The highest BCUT2D eigenvalue weighted by molar-refractivity contribution is 5.88. The van der Waals surface area contributed by atoms with Gasteiger partial charge in [-0.3, -0.25) is 4.79 Å². The molecule has 1 aliphatic heterocycles. The van der Waals surface area contributed by atoms with E-state index in [9.17, 15) is 9.59 Å². The minimum Gasteiger partial charge on any atom is -0.458 e. The summed E-state index contributed by atoms with van der Waals surface area (Å²) in [7, 11) is 0. The first-order valence-electron chi connectivity index (χ1n) is 4.82. The second kappa shape index (κ2) is 3.59. The molecule has 1 heterocycles. The number of carbonyl (C=O) groups excluding carboxylic acids is 2. The molecule has 0 saturated carbocycles. The first-order chi connectivity index (χ1) is 6.29. The molecule has 4 heteroatoms. The average Bonchev–Trinajstić information content (AvgIpc) is 2.26. The van der Waals surface area contributed by atoms with E-state index >= 15 is 0 Å². The molecular weight excluding hydrogens is 182 g/mol. The summed E-state index contributed by atoms with van der Waals surface area (Å²) in [5, 5.41) is 2.61. The third kappa shape index (κ3) is 2.72. The Morgan fingerprint density at radius 3 is 2.43 bits per heavy atom. The van der Waals surface area contributed by atoms with E-state index in [1.807, 2.05) is 27.7 Å². The normalized spacial score (nSPS) is 27.3. The first kappa shape index (κ1) is 11.0. The van der Waals surface area contributed by atoms with Crippen LogP contribution in [0.1, 0.15) is 34.1 Å². The minimum absolute atomic E-state index is 0.0253. The Hall–Kier alpha value is -1.06. The van der Waals surface area contributed by atoms with Crippen LogP contribution in [0.5, 0.6) is 0 Å². The van der Waals surface area contributed by atoms with E-state index in [1.54, 1.807) is 0 Å². The van der Waals surface area contributed by atoms with E-state index in [1.165, 1.54) is 0 Å². The van der Waals surface area contributed by atoms with E-state index in [2.05, 4.69) is 5.32 Å². The lowest BCUT2D eigenvalue weighted by atomic mass is 10.0. The molecule has 0 spiro atoms. The fourth-order valence-electron chi connectivity index (χ4n) is 1.44. The number of esters is 1. The summed E-state index contributed by atoms with van der Waals surface area (Å²) in [6, 6.07) is -0.471. The summed E-state index contributed by atoms with van der Waals surface area (Å²) < 4.78 is 5.19. The Morgan fingerprint density at radius 1 is 1.50 bits per heavy atom. The van der Waals surface area contributed by atoms with E-state index in [-0.39, 0.29) is 17.8 Å². The molecule has 0 aromatic rings. The fraction of sp³-hybridized carbons (Fsp3) is 0.800. The molecule has 1 rings (SSSR count). The number of amides is 1. The summed E-state index contributed by atoms with van der Waals surface area (Å²) in [4.78, 5) is 22.6. The Morgan fingerprint density at radius 2 is 2.07 bits per heavy atom. The van der Waals surface area contributed by atoms with Gasteiger partial charge in [-0.2, -0.15) is 0 Å². The van der Waals surface area contributed by atoms with Crippen LogP contribution in [-0.2, 0) is 14.3 Å². The van der Waals surface area contributed by atoms with Gasteiger partial charge in [0, 0.05) is 6.42 Å². The van der Waals surface area contributed by atoms with Gasteiger partial charge in [-0.1, -0.05) is 6.92 Å². The van der Waals surface area contributed by atoms with Gasteiger partial charge < -0.3 is 10.1 Å². The largest absolute Gasteiger partial charge is 0.458 e. The number of hydrogen-bond donors (Lipinski definition) is 1. The Labute approximate surface area is 84.0 Å². The molecule has 1 saturated heterocycles. The Kier molecular flexibility index (Phi) is 2.83. The quantitative estimate of drug-likeness (QED) is 0.637. The predicted molar refractivity (Wildman–Crippen MR) is 51.6 cm³/mol. The second-order valence-electron chi connectivity index (χ2n) is 4.76. The van der Waals surface area contributed by atoms with Gasteiger partial charge >= 0.3 is 5.97 Å². The van der Waals surface area contributed by atoms with Crippen molar-refractivity contribution in [3.63, 3.8) is 0 Å². The van der Waals surface area contributed by atoms with Crippen LogP contribution in [0, 0.1) is 5.92 Å². The van der Waals surface area contributed by atoms with Crippen molar-refractivity contribution in [1.82, 2.24) is 5.32 Å². The van der Waals surface area contributed by atoms with Crippen LogP contribution in [0.3, 0.4) is 0 Å². The first-order valence-corrected chi connectivity index (χ1v) is 4.82. The molecule has 1 unspecified atom stereocenters. The standard InChI is InChI=1S/C10H17NO3/c1-6-5-7(12)11-8(6)9(13)14-10(2,3)4/h6,8H,5H2,1-4H3,(H,11,12)/t6?,8-/m0/s1. The summed E-state index contributed by atoms with van der Waals surface area (Å²) >= 11 is 0. The van der Waals surface area contributed by atoms with E-state index in [0.29, 0.717) is 6.42 Å². The number of rotatable bonds is 1. The third-order valence-electron chi connectivity index (χ3n) is 2.05. The van der Waals surface area contributed by atoms with E-state index < -0.39 is 11.6 Å². The van der Waals surface area contributed by atoms with Crippen LogP contribution >= 0.6 is 0 Å². The van der Waals surface area contributed by atoms with Crippen molar-refractivity contribution >= 4 is 11.9 Å². The topological polar surface area (TPSA) is 55.4 Å². The molecule has 14 heavy (non-hydrogen) atoms. The molecule has 4 nitrogen and oxygen atoms in total. The number of nitrogens with one attached hydrogen (secondary N) is 1. The molecule has 1 amide bonds. The molecular formula is C10H17NO3. The van der Waals surface area contributed by atoms with Crippen LogP contribution in [0.15, 0.2) is 0 Å². The van der Waals surface area contributed by atoms with Crippen molar-refractivity contribution in [2.45, 2.75) is 45.8 Å². The van der Waals surface area contributed by atoms with Gasteiger partial charge in [0.1, 0.15) is 11.6 Å².